The van der Waals surface area contributed by atoms with Gasteiger partial charge in [0.2, 0.25) is 5.78 Å². The van der Waals surface area contributed by atoms with E-state index < -0.39 is 5.92 Å². The first-order chi connectivity index (χ1) is 10.4. The molecule has 0 saturated carbocycles. The minimum Gasteiger partial charge on any atom is -0.506 e. The molecule has 2 atom stereocenters. The number of ether oxygens (including phenoxy) is 1. The van der Waals surface area contributed by atoms with E-state index in [9.17, 15) is 15.2 Å². The molecule has 1 aliphatic carbocycles. The zero-order valence-corrected chi connectivity index (χ0v) is 19.2. The molecule has 112 valence electrons. The minimum absolute atomic E-state index is 0.0858. The monoisotopic (exact) mass is 743 g/mol. The van der Waals surface area contributed by atoms with Crippen LogP contribution in [0.3, 0.4) is 0 Å². The lowest BCUT2D eigenvalue weighted by molar-refractivity contribution is -0.111. The average molecular weight is 743 g/mol. The van der Waals surface area contributed by atoms with Crippen molar-refractivity contribution in [2.24, 2.45) is 5.92 Å². The Balaban J connectivity index is 2.29. The van der Waals surface area contributed by atoms with Gasteiger partial charge in [0.05, 0.1) is 28.6 Å². The first-order valence-corrected chi connectivity index (χ1v) is 10.3. The normalized spacial score (nSPS) is 23.2. The standard InChI is InChI=1S/C14H5I4NO3/c15-7-1-4-6(3-19)5-2-8(16)12(21)10(18)14(5)22-13(4)9(17)11(7)20/h1-2,4,6,21H. The number of carbonyl (C=O) groups excluding carboxylic acids is 1. The van der Waals surface area contributed by atoms with E-state index in [-0.39, 0.29) is 17.5 Å². The molecule has 0 fully saturated rings. The summed E-state index contributed by atoms with van der Waals surface area (Å²) in [6, 6.07) is 4.10. The molecule has 22 heavy (non-hydrogen) atoms. The molecular weight excluding hydrogens is 738 g/mol. The first-order valence-electron chi connectivity index (χ1n) is 5.96. The van der Waals surface area contributed by atoms with E-state index in [1.165, 1.54) is 0 Å². The third kappa shape index (κ3) is 2.59. The van der Waals surface area contributed by atoms with Crippen LogP contribution >= 0.6 is 90.4 Å². The summed E-state index contributed by atoms with van der Waals surface area (Å²) in [4.78, 5) is 12.1. The first kappa shape index (κ1) is 17.2. The number of ketones is 1. The second-order valence-electron chi connectivity index (χ2n) is 4.70. The lowest BCUT2D eigenvalue weighted by atomic mass is 9.81. The summed E-state index contributed by atoms with van der Waals surface area (Å²) in [6.07, 6.45) is 1.80. The highest BCUT2D eigenvalue weighted by Crippen LogP contribution is 2.51. The number of carbonyl (C=O) groups is 1. The van der Waals surface area contributed by atoms with Crippen molar-refractivity contribution in [2.45, 2.75) is 5.92 Å². The summed E-state index contributed by atoms with van der Waals surface area (Å²) < 4.78 is 8.28. The summed E-state index contributed by atoms with van der Waals surface area (Å²) in [5, 5.41) is 19.8. The van der Waals surface area contributed by atoms with Crippen LogP contribution < -0.4 is 4.74 Å². The van der Waals surface area contributed by atoms with Crippen LogP contribution in [-0.2, 0) is 4.79 Å². The number of aromatic hydroxyl groups is 1. The number of nitrogens with zero attached hydrogens (tertiary/aromatic N) is 1. The van der Waals surface area contributed by atoms with Gasteiger partial charge in [0.15, 0.2) is 0 Å². The maximum absolute atomic E-state index is 12.1. The minimum atomic E-state index is -0.441. The average Bonchev–Trinajstić information content (AvgIpc) is 2.49. The number of fused-ring (bicyclic) bond motifs is 2. The number of benzene rings is 1. The molecule has 4 nitrogen and oxygen atoms in total. The van der Waals surface area contributed by atoms with Crippen LogP contribution in [0.15, 0.2) is 25.1 Å². The van der Waals surface area contributed by atoms with E-state index in [0.29, 0.717) is 25.8 Å². The molecule has 0 bridgehead atoms. The lowest BCUT2D eigenvalue weighted by Crippen LogP contribution is -2.28. The molecule has 0 radical (unpaired) electrons. The molecule has 2 aliphatic rings. The van der Waals surface area contributed by atoms with Crippen molar-refractivity contribution in [1.29, 1.82) is 5.26 Å². The number of allylic oxidation sites excluding steroid dienone is 3. The van der Waals surface area contributed by atoms with Crippen molar-refractivity contribution in [2.75, 3.05) is 0 Å². The van der Waals surface area contributed by atoms with Crippen LogP contribution in [0, 0.1) is 24.4 Å². The summed E-state index contributed by atoms with van der Waals surface area (Å²) >= 11 is 8.01. The van der Waals surface area contributed by atoms with E-state index in [1.54, 1.807) is 12.1 Å². The molecule has 1 aromatic carbocycles. The van der Waals surface area contributed by atoms with Crippen molar-refractivity contribution in [3.63, 3.8) is 0 Å². The zero-order valence-electron chi connectivity index (χ0n) is 10.5. The van der Waals surface area contributed by atoms with Crippen molar-refractivity contribution in [3.05, 3.63) is 37.8 Å². The number of hydrogen-bond acceptors (Lipinski definition) is 4. The summed E-state index contributed by atoms with van der Waals surface area (Å²) in [7, 11) is 0. The molecule has 0 aromatic heterocycles. The third-order valence-corrected chi connectivity index (χ3v) is 7.18. The van der Waals surface area contributed by atoms with Crippen LogP contribution in [0.4, 0.5) is 0 Å². The molecule has 0 saturated heterocycles. The molecule has 1 N–H and O–H groups in total. The predicted octanol–water partition coefficient (Wildman–Crippen LogP) is 4.77. The Kier molecular flexibility index (Phi) is 4.97. The van der Waals surface area contributed by atoms with E-state index in [0.717, 1.165) is 5.56 Å². The van der Waals surface area contributed by atoms with Gasteiger partial charge < -0.3 is 9.84 Å². The van der Waals surface area contributed by atoms with Gasteiger partial charge in [0.1, 0.15) is 20.8 Å². The van der Waals surface area contributed by atoms with Gasteiger partial charge in [-0.1, -0.05) is 6.08 Å². The van der Waals surface area contributed by atoms with Crippen LogP contribution in [0.25, 0.3) is 0 Å². The van der Waals surface area contributed by atoms with Crippen LogP contribution in [0.5, 0.6) is 11.5 Å². The predicted molar refractivity (Wildman–Crippen MR) is 114 cm³/mol. The number of phenolic OH excluding ortho intramolecular Hbond substituents is 1. The molecule has 0 amide bonds. The van der Waals surface area contributed by atoms with E-state index >= 15 is 0 Å². The Bertz CT molecular complexity index is 822. The van der Waals surface area contributed by atoms with Gasteiger partial charge in [-0.05, 0) is 96.4 Å². The smallest absolute Gasteiger partial charge is 0.208 e. The van der Waals surface area contributed by atoms with Gasteiger partial charge in [-0.2, -0.15) is 5.26 Å². The summed E-state index contributed by atoms with van der Waals surface area (Å²) in [5.74, 6) is 0.316. The number of hydrogen-bond donors (Lipinski definition) is 1. The molecule has 0 spiro atoms. The molecule has 1 aromatic rings. The second-order valence-corrected chi connectivity index (χ2v) is 9.18. The number of Topliss-reactive ketones (excluding diaryl/α,β-unsaturated/α-hetero) is 1. The number of halogens is 4. The Morgan fingerprint density at radius 3 is 2.59 bits per heavy atom. The zero-order chi connectivity index (χ0) is 16.2. The molecule has 2 unspecified atom stereocenters. The Labute approximate surface area is 180 Å². The SMILES string of the molecule is N#CC1c2cc(I)c(O)c(I)c2OC2=C(I)C(=O)C(I)=CC21. The molecular formula is C14H5I4NO3. The second kappa shape index (κ2) is 6.36. The lowest BCUT2D eigenvalue weighted by Gasteiger charge is -2.33. The topological polar surface area (TPSA) is 70.3 Å². The largest absolute Gasteiger partial charge is 0.506 e. The molecule has 1 aliphatic heterocycles. The maximum Gasteiger partial charge on any atom is 0.208 e. The van der Waals surface area contributed by atoms with Crippen LogP contribution in [0.1, 0.15) is 11.5 Å². The summed E-state index contributed by atoms with van der Waals surface area (Å²) in [5.41, 5.74) is 0.752. The van der Waals surface area contributed by atoms with Crippen molar-refractivity contribution in [3.8, 4) is 17.6 Å². The van der Waals surface area contributed by atoms with Gasteiger partial charge in [0, 0.05) is 5.56 Å². The van der Waals surface area contributed by atoms with Crippen LogP contribution in [-0.4, -0.2) is 10.9 Å². The van der Waals surface area contributed by atoms with Gasteiger partial charge in [-0.3, -0.25) is 4.79 Å². The Hall–Kier alpha value is 0.380. The van der Waals surface area contributed by atoms with Crippen molar-refractivity contribution >= 4 is 96.1 Å². The number of rotatable bonds is 0. The van der Waals surface area contributed by atoms with Crippen molar-refractivity contribution in [1.82, 2.24) is 0 Å². The highest BCUT2D eigenvalue weighted by Gasteiger charge is 2.41. The fourth-order valence-electron chi connectivity index (χ4n) is 2.43. The van der Waals surface area contributed by atoms with E-state index in [2.05, 4.69) is 6.07 Å². The van der Waals surface area contributed by atoms with E-state index in [1.807, 2.05) is 90.4 Å². The third-order valence-electron chi connectivity index (χ3n) is 3.48. The van der Waals surface area contributed by atoms with E-state index in [4.69, 9.17) is 4.74 Å². The fraction of sp³-hybridized carbons (Fsp3) is 0.143. The number of phenols is 1. The van der Waals surface area contributed by atoms with Gasteiger partial charge >= 0.3 is 0 Å². The number of nitriles is 1. The molecule has 1 heterocycles. The highest BCUT2D eigenvalue weighted by molar-refractivity contribution is 14.1. The van der Waals surface area contributed by atoms with Gasteiger partial charge in [-0.25, -0.2) is 0 Å². The maximum atomic E-state index is 12.1. The van der Waals surface area contributed by atoms with Crippen molar-refractivity contribution < 1.29 is 14.6 Å². The van der Waals surface area contributed by atoms with Gasteiger partial charge in [0.25, 0.3) is 0 Å². The summed E-state index contributed by atoms with van der Waals surface area (Å²) in [6.45, 7) is 0. The quantitative estimate of drug-likeness (QED) is 0.390. The molecule has 8 heteroatoms. The fourth-order valence-corrected chi connectivity index (χ4v) is 6.20. The Morgan fingerprint density at radius 2 is 1.95 bits per heavy atom. The highest BCUT2D eigenvalue weighted by atomic mass is 127. The van der Waals surface area contributed by atoms with Gasteiger partial charge in [-0.15, -0.1) is 0 Å². The Morgan fingerprint density at radius 1 is 1.27 bits per heavy atom. The molecule has 3 rings (SSSR count). The van der Waals surface area contributed by atoms with Crippen LogP contribution in [0.2, 0.25) is 0 Å².